The van der Waals surface area contributed by atoms with E-state index in [0.29, 0.717) is 17.1 Å². The fourth-order valence-corrected chi connectivity index (χ4v) is 4.29. The molecule has 0 radical (unpaired) electrons. The van der Waals surface area contributed by atoms with Crippen molar-refractivity contribution in [3.05, 3.63) is 71.0 Å². The van der Waals surface area contributed by atoms with E-state index in [1.54, 1.807) is 24.6 Å². The predicted octanol–water partition coefficient (Wildman–Crippen LogP) is 3.91. The SMILES string of the molecule is Cc1ccc(NS(=O)(=O)c2c(C)nn(-c3ccccc3)c2C)cc1C. The quantitative estimate of drug-likeness (QED) is 0.772. The highest BCUT2D eigenvalue weighted by atomic mass is 32.2. The van der Waals surface area contributed by atoms with Crippen molar-refractivity contribution >= 4 is 15.7 Å². The molecule has 0 unspecified atom stereocenters. The van der Waals surface area contributed by atoms with Crippen LogP contribution < -0.4 is 4.72 Å². The smallest absolute Gasteiger partial charge is 0.265 e. The second kappa shape index (κ2) is 6.37. The third kappa shape index (κ3) is 3.30. The predicted molar refractivity (Wildman–Crippen MR) is 99.8 cm³/mol. The number of anilines is 1. The minimum absolute atomic E-state index is 0.217. The minimum atomic E-state index is -3.72. The van der Waals surface area contributed by atoms with E-state index in [2.05, 4.69) is 9.82 Å². The van der Waals surface area contributed by atoms with Crippen LogP contribution in [0.25, 0.3) is 5.69 Å². The summed E-state index contributed by atoms with van der Waals surface area (Å²) < 4.78 is 30.2. The molecule has 1 heterocycles. The van der Waals surface area contributed by atoms with E-state index >= 15 is 0 Å². The Hall–Kier alpha value is -2.60. The fraction of sp³-hybridized carbons (Fsp3) is 0.211. The van der Waals surface area contributed by atoms with Gasteiger partial charge in [0, 0.05) is 5.69 Å². The van der Waals surface area contributed by atoms with Crippen molar-refractivity contribution in [3.63, 3.8) is 0 Å². The summed E-state index contributed by atoms with van der Waals surface area (Å²) in [7, 11) is -3.72. The fourth-order valence-electron chi connectivity index (χ4n) is 2.85. The van der Waals surface area contributed by atoms with Crippen LogP contribution in [0, 0.1) is 27.7 Å². The van der Waals surface area contributed by atoms with Gasteiger partial charge in [-0.05, 0) is 63.1 Å². The highest BCUT2D eigenvalue weighted by Gasteiger charge is 2.25. The molecule has 0 fully saturated rings. The number of sulfonamides is 1. The van der Waals surface area contributed by atoms with Crippen LogP contribution in [0.1, 0.15) is 22.5 Å². The minimum Gasteiger partial charge on any atom is -0.280 e. The second-order valence-electron chi connectivity index (χ2n) is 6.15. The zero-order valence-corrected chi connectivity index (χ0v) is 15.6. The van der Waals surface area contributed by atoms with Gasteiger partial charge in [0.15, 0.2) is 0 Å². The van der Waals surface area contributed by atoms with E-state index in [-0.39, 0.29) is 4.90 Å². The van der Waals surface area contributed by atoms with Gasteiger partial charge >= 0.3 is 0 Å². The van der Waals surface area contributed by atoms with Crippen molar-refractivity contribution in [2.45, 2.75) is 32.6 Å². The van der Waals surface area contributed by atoms with Gasteiger partial charge < -0.3 is 0 Å². The maximum Gasteiger partial charge on any atom is 0.265 e. The maximum absolute atomic E-state index is 12.9. The summed E-state index contributed by atoms with van der Waals surface area (Å²) in [6.07, 6.45) is 0. The molecule has 130 valence electrons. The molecule has 25 heavy (non-hydrogen) atoms. The first kappa shape index (κ1) is 17.2. The number of benzene rings is 2. The number of aromatic nitrogens is 2. The molecule has 1 N–H and O–H groups in total. The highest BCUT2D eigenvalue weighted by Crippen LogP contribution is 2.25. The van der Waals surface area contributed by atoms with Crippen LogP contribution in [0.3, 0.4) is 0 Å². The average molecular weight is 355 g/mol. The number of nitrogens with zero attached hydrogens (tertiary/aromatic N) is 2. The van der Waals surface area contributed by atoms with Gasteiger partial charge in [0.05, 0.1) is 17.1 Å². The molecule has 0 saturated carbocycles. The van der Waals surface area contributed by atoms with Crippen molar-refractivity contribution in [3.8, 4) is 5.69 Å². The first-order valence-corrected chi connectivity index (χ1v) is 9.49. The van der Waals surface area contributed by atoms with Crippen LogP contribution in [0.5, 0.6) is 0 Å². The van der Waals surface area contributed by atoms with Crippen LogP contribution in [0.15, 0.2) is 53.4 Å². The molecule has 0 aliphatic rings. The van der Waals surface area contributed by atoms with E-state index in [1.165, 1.54) is 0 Å². The van der Waals surface area contributed by atoms with Crippen molar-refractivity contribution < 1.29 is 8.42 Å². The molecule has 5 nitrogen and oxygen atoms in total. The molecule has 0 bridgehead atoms. The van der Waals surface area contributed by atoms with Crippen LogP contribution in [0.2, 0.25) is 0 Å². The molecule has 3 rings (SSSR count). The van der Waals surface area contributed by atoms with E-state index in [4.69, 9.17) is 0 Å². The maximum atomic E-state index is 12.9. The first-order valence-electron chi connectivity index (χ1n) is 8.01. The van der Waals surface area contributed by atoms with E-state index < -0.39 is 10.0 Å². The molecular formula is C19H21N3O2S. The molecule has 3 aromatic rings. The normalized spacial score (nSPS) is 11.5. The Morgan fingerprint density at radius 1 is 0.920 bits per heavy atom. The topological polar surface area (TPSA) is 64.0 Å². The number of aryl methyl sites for hydroxylation is 3. The van der Waals surface area contributed by atoms with E-state index in [1.807, 2.05) is 56.3 Å². The molecule has 0 saturated heterocycles. The van der Waals surface area contributed by atoms with Crippen LogP contribution in [0.4, 0.5) is 5.69 Å². The van der Waals surface area contributed by atoms with Crippen molar-refractivity contribution in [1.29, 1.82) is 0 Å². The lowest BCUT2D eigenvalue weighted by Crippen LogP contribution is -2.15. The molecular weight excluding hydrogens is 334 g/mol. The Morgan fingerprint density at radius 2 is 1.60 bits per heavy atom. The molecule has 0 spiro atoms. The molecule has 0 amide bonds. The van der Waals surface area contributed by atoms with Crippen molar-refractivity contribution in [2.24, 2.45) is 0 Å². The third-order valence-electron chi connectivity index (χ3n) is 4.25. The number of rotatable bonds is 4. The van der Waals surface area contributed by atoms with Crippen LogP contribution in [-0.2, 0) is 10.0 Å². The Bertz CT molecular complexity index is 1020. The van der Waals surface area contributed by atoms with Crippen LogP contribution in [-0.4, -0.2) is 18.2 Å². The van der Waals surface area contributed by atoms with Gasteiger partial charge in [-0.2, -0.15) is 5.10 Å². The molecule has 0 atom stereocenters. The first-order chi connectivity index (χ1) is 11.8. The van der Waals surface area contributed by atoms with Gasteiger partial charge in [-0.15, -0.1) is 0 Å². The summed E-state index contributed by atoms with van der Waals surface area (Å²) in [4.78, 5) is 0.217. The van der Waals surface area contributed by atoms with Crippen LogP contribution >= 0.6 is 0 Å². The molecule has 0 aliphatic heterocycles. The van der Waals surface area contributed by atoms with E-state index in [9.17, 15) is 8.42 Å². The summed E-state index contributed by atoms with van der Waals surface area (Å²) in [5, 5.41) is 4.42. The van der Waals surface area contributed by atoms with Gasteiger partial charge in [-0.3, -0.25) is 4.72 Å². The largest absolute Gasteiger partial charge is 0.280 e. The van der Waals surface area contributed by atoms with Gasteiger partial charge in [0.2, 0.25) is 0 Å². The lowest BCUT2D eigenvalue weighted by molar-refractivity contribution is 0.600. The summed E-state index contributed by atoms with van der Waals surface area (Å²) in [6, 6.07) is 15.0. The Morgan fingerprint density at radius 3 is 2.24 bits per heavy atom. The van der Waals surface area contributed by atoms with Gasteiger partial charge in [0.1, 0.15) is 4.90 Å². The zero-order valence-electron chi connectivity index (χ0n) is 14.7. The summed E-state index contributed by atoms with van der Waals surface area (Å²) >= 11 is 0. The number of nitrogens with one attached hydrogen (secondary N) is 1. The lowest BCUT2D eigenvalue weighted by Gasteiger charge is -2.10. The number of hydrogen-bond acceptors (Lipinski definition) is 3. The Kier molecular flexibility index (Phi) is 4.39. The Balaban J connectivity index is 2.03. The molecule has 2 aromatic carbocycles. The highest BCUT2D eigenvalue weighted by molar-refractivity contribution is 7.92. The second-order valence-corrected chi connectivity index (χ2v) is 7.77. The van der Waals surface area contributed by atoms with Crippen molar-refractivity contribution in [2.75, 3.05) is 4.72 Å². The number of hydrogen-bond donors (Lipinski definition) is 1. The third-order valence-corrected chi connectivity index (χ3v) is 5.89. The molecule has 1 aromatic heterocycles. The lowest BCUT2D eigenvalue weighted by atomic mass is 10.1. The average Bonchev–Trinajstić information content (AvgIpc) is 2.87. The van der Waals surface area contributed by atoms with E-state index in [0.717, 1.165) is 16.8 Å². The Labute approximate surface area is 148 Å². The summed E-state index contributed by atoms with van der Waals surface area (Å²) in [5.74, 6) is 0. The molecule has 6 heteroatoms. The number of para-hydroxylation sites is 1. The van der Waals surface area contributed by atoms with Gasteiger partial charge in [-0.1, -0.05) is 24.3 Å². The van der Waals surface area contributed by atoms with Gasteiger partial charge in [-0.25, -0.2) is 13.1 Å². The van der Waals surface area contributed by atoms with Crippen molar-refractivity contribution in [1.82, 2.24) is 9.78 Å². The standard InChI is InChI=1S/C19H21N3O2S/c1-13-10-11-17(12-14(13)2)21-25(23,24)19-15(3)20-22(16(19)4)18-8-6-5-7-9-18/h5-12,21H,1-4H3. The van der Waals surface area contributed by atoms with Gasteiger partial charge in [0.25, 0.3) is 10.0 Å². The monoisotopic (exact) mass is 355 g/mol. The summed E-state index contributed by atoms with van der Waals surface area (Å²) in [5.41, 5.74) is 4.59. The summed E-state index contributed by atoms with van der Waals surface area (Å²) in [6.45, 7) is 7.42. The molecule has 0 aliphatic carbocycles. The zero-order chi connectivity index (χ0) is 18.2.